The molecule has 1 atom stereocenters. The highest BCUT2D eigenvalue weighted by molar-refractivity contribution is 5.79. The number of hydrogen-bond donors (Lipinski definition) is 1. The van der Waals surface area contributed by atoms with Crippen LogP contribution in [0.15, 0.2) is 72.8 Å². The minimum Gasteiger partial charge on any atom is -0.353 e. The Balaban J connectivity index is 1.31. The van der Waals surface area contributed by atoms with E-state index in [4.69, 9.17) is 4.98 Å². The van der Waals surface area contributed by atoms with Crippen molar-refractivity contribution in [2.45, 2.75) is 58.8 Å². The first kappa shape index (κ1) is 26.1. The van der Waals surface area contributed by atoms with Crippen LogP contribution < -0.4 is 5.32 Å². The predicted octanol–water partition coefficient (Wildman–Crippen LogP) is 8.60. The van der Waals surface area contributed by atoms with E-state index in [1.165, 1.54) is 17.2 Å². The van der Waals surface area contributed by atoms with Crippen LogP contribution >= 0.6 is 0 Å². The topological polar surface area (TPSA) is 33.1 Å². The molecule has 1 N–H and O–H groups in total. The number of anilines is 2. The van der Waals surface area contributed by atoms with E-state index >= 15 is 0 Å². The van der Waals surface area contributed by atoms with Crippen LogP contribution in [0.25, 0.3) is 16.6 Å². The number of halogens is 2. The number of allylic oxidation sites excluding steroid dienone is 2. The first-order valence-electron chi connectivity index (χ1n) is 13.6. The maximum absolute atomic E-state index is 14.6. The number of alkyl halides is 1. The van der Waals surface area contributed by atoms with E-state index < -0.39 is 6.30 Å². The van der Waals surface area contributed by atoms with Crippen LogP contribution in [0.1, 0.15) is 69.2 Å². The van der Waals surface area contributed by atoms with Crippen molar-refractivity contribution in [3.63, 3.8) is 0 Å². The molecule has 0 saturated carbocycles. The van der Waals surface area contributed by atoms with E-state index in [9.17, 15) is 8.78 Å². The Morgan fingerprint density at radius 3 is 2.53 bits per heavy atom. The van der Waals surface area contributed by atoms with Crippen molar-refractivity contribution in [3.8, 4) is 0 Å². The average Bonchev–Trinajstić information content (AvgIpc) is 3.31. The summed E-state index contributed by atoms with van der Waals surface area (Å²) >= 11 is 0. The molecule has 0 amide bonds. The summed E-state index contributed by atoms with van der Waals surface area (Å²) in [6, 6.07) is 21.0. The third-order valence-electron chi connectivity index (χ3n) is 7.50. The molecule has 198 valence electrons. The molecular formula is C32H36F2N4. The number of hydrogen-bond acceptors (Lipinski definition) is 3. The first-order valence-corrected chi connectivity index (χ1v) is 13.6. The standard InChI is InChI=1S/C32H36F2N4/c1-4-9-22(2)26-20-24(14-15-28(26)35-29-11-6-5-10-27(29)34)21-37-18-16-25(17-19-37)32-36-30-12-7-8-13-31(30)38(32)23(3)33/h5-15,20,23,25,35H,4,16-19,21H2,1-3H3/b22-9+. The second-order valence-electron chi connectivity index (χ2n) is 10.2. The minimum absolute atomic E-state index is 0.245. The number of nitrogens with one attached hydrogen (secondary N) is 1. The molecule has 4 nitrogen and oxygen atoms in total. The molecule has 2 heterocycles. The van der Waals surface area contributed by atoms with Crippen LogP contribution in [0, 0.1) is 5.82 Å². The van der Waals surface area contributed by atoms with Crippen LogP contribution in [0.5, 0.6) is 0 Å². The summed E-state index contributed by atoms with van der Waals surface area (Å²) in [6.45, 7) is 8.53. The maximum Gasteiger partial charge on any atom is 0.174 e. The predicted molar refractivity (Wildman–Crippen MR) is 153 cm³/mol. The zero-order chi connectivity index (χ0) is 26.6. The van der Waals surface area contributed by atoms with Gasteiger partial charge in [-0.1, -0.05) is 43.3 Å². The van der Waals surface area contributed by atoms with Crippen molar-refractivity contribution in [3.05, 3.63) is 95.6 Å². The van der Waals surface area contributed by atoms with E-state index in [1.54, 1.807) is 23.6 Å². The Kier molecular flexibility index (Phi) is 7.89. The fourth-order valence-corrected chi connectivity index (χ4v) is 5.58. The van der Waals surface area contributed by atoms with Gasteiger partial charge in [-0.15, -0.1) is 0 Å². The lowest BCUT2D eigenvalue weighted by Crippen LogP contribution is -2.33. The lowest BCUT2D eigenvalue weighted by Gasteiger charge is -2.32. The summed E-state index contributed by atoms with van der Waals surface area (Å²) in [5.41, 5.74) is 6.60. The van der Waals surface area contributed by atoms with Crippen molar-refractivity contribution in [1.82, 2.24) is 14.5 Å². The molecule has 0 spiro atoms. The van der Waals surface area contributed by atoms with Gasteiger partial charge in [-0.2, -0.15) is 0 Å². The van der Waals surface area contributed by atoms with Crippen LogP contribution in [-0.2, 0) is 6.54 Å². The fourth-order valence-electron chi connectivity index (χ4n) is 5.58. The summed E-state index contributed by atoms with van der Waals surface area (Å²) in [5.74, 6) is 0.847. The average molecular weight is 515 g/mol. The fraction of sp³-hybridized carbons (Fsp3) is 0.344. The summed E-state index contributed by atoms with van der Waals surface area (Å²) < 4.78 is 30.7. The summed E-state index contributed by atoms with van der Waals surface area (Å²) in [7, 11) is 0. The number of fused-ring (bicyclic) bond motifs is 1. The van der Waals surface area contributed by atoms with Gasteiger partial charge in [0.05, 0.1) is 16.7 Å². The maximum atomic E-state index is 14.6. The number of likely N-dealkylation sites (tertiary alicyclic amines) is 1. The quantitative estimate of drug-likeness (QED) is 0.256. The zero-order valence-corrected chi connectivity index (χ0v) is 22.4. The van der Waals surface area contributed by atoms with Gasteiger partial charge >= 0.3 is 0 Å². The van der Waals surface area contributed by atoms with Crippen molar-refractivity contribution >= 4 is 28.0 Å². The third kappa shape index (κ3) is 5.51. The van der Waals surface area contributed by atoms with Gasteiger partial charge < -0.3 is 5.32 Å². The van der Waals surface area contributed by atoms with E-state index in [2.05, 4.69) is 48.3 Å². The second kappa shape index (κ2) is 11.5. The molecule has 38 heavy (non-hydrogen) atoms. The molecule has 0 radical (unpaired) electrons. The smallest absolute Gasteiger partial charge is 0.174 e. The van der Waals surface area contributed by atoms with Crippen molar-refractivity contribution < 1.29 is 8.78 Å². The van der Waals surface area contributed by atoms with Crippen LogP contribution in [0.4, 0.5) is 20.2 Å². The van der Waals surface area contributed by atoms with E-state index in [0.717, 1.165) is 67.0 Å². The van der Waals surface area contributed by atoms with Gasteiger partial charge in [0.15, 0.2) is 6.30 Å². The second-order valence-corrected chi connectivity index (χ2v) is 10.2. The highest BCUT2D eigenvalue weighted by Crippen LogP contribution is 2.34. The molecule has 5 rings (SSSR count). The number of aromatic nitrogens is 2. The molecule has 3 aromatic carbocycles. The third-order valence-corrected chi connectivity index (χ3v) is 7.50. The SMILES string of the molecule is CC/C=C(\C)c1cc(CN2CCC(c3nc4ccccc4n3C(C)F)CC2)ccc1Nc1ccccc1F. The van der Waals surface area contributed by atoms with E-state index in [1.807, 2.05) is 30.3 Å². The summed E-state index contributed by atoms with van der Waals surface area (Å²) in [6.07, 6.45) is 3.93. The number of piperidine rings is 1. The minimum atomic E-state index is -1.11. The molecule has 1 saturated heterocycles. The molecular weight excluding hydrogens is 478 g/mol. The summed E-state index contributed by atoms with van der Waals surface area (Å²) in [5, 5.41) is 3.29. The number of nitrogens with zero attached hydrogens (tertiary/aromatic N) is 3. The molecule has 0 aliphatic carbocycles. The highest BCUT2D eigenvalue weighted by Gasteiger charge is 2.27. The number of para-hydroxylation sites is 3. The van der Waals surface area contributed by atoms with Gasteiger partial charge in [0.1, 0.15) is 11.6 Å². The van der Waals surface area contributed by atoms with Gasteiger partial charge in [0.25, 0.3) is 0 Å². The van der Waals surface area contributed by atoms with Gasteiger partial charge in [-0.25, -0.2) is 13.8 Å². The Morgan fingerprint density at radius 2 is 1.79 bits per heavy atom. The molecule has 1 aromatic heterocycles. The molecule has 6 heteroatoms. The van der Waals surface area contributed by atoms with Crippen LogP contribution in [0.3, 0.4) is 0 Å². The van der Waals surface area contributed by atoms with Crippen molar-refractivity contribution in [1.29, 1.82) is 0 Å². The monoisotopic (exact) mass is 514 g/mol. The van der Waals surface area contributed by atoms with Gasteiger partial charge in [0, 0.05) is 23.7 Å². The Bertz CT molecular complexity index is 1430. The molecule has 1 aliphatic heterocycles. The lowest BCUT2D eigenvalue weighted by atomic mass is 9.95. The molecule has 1 unspecified atom stereocenters. The van der Waals surface area contributed by atoms with Crippen LogP contribution in [-0.4, -0.2) is 27.5 Å². The van der Waals surface area contributed by atoms with Gasteiger partial charge in [0.2, 0.25) is 0 Å². The largest absolute Gasteiger partial charge is 0.353 e. The molecule has 0 bridgehead atoms. The lowest BCUT2D eigenvalue weighted by molar-refractivity contribution is 0.193. The Morgan fingerprint density at radius 1 is 1.05 bits per heavy atom. The Labute approximate surface area is 224 Å². The Hall–Kier alpha value is -3.51. The summed E-state index contributed by atoms with van der Waals surface area (Å²) in [4.78, 5) is 7.29. The van der Waals surface area contributed by atoms with E-state index in [0.29, 0.717) is 5.69 Å². The van der Waals surface area contributed by atoms with E-state index in [-0.39, 0.29) is 11.7 Å². The zero-order valence-electron chi connectivity index (χ0n) is 22.4. The number of benzene rings is 3. The number of rotatable bonds is 8. The molecule has 1 fully saturated rings. The molecule has 1 aliphatic rings. The number of imidazole rings is 1. The normalized spacial score (nSPS) is 16.2. The first-order chi connectivity index (χ1) is 18.4. The van der Waals surface area contributed by atoms with Gasteiger partial charge in [-0.3, -0.25) is 9.47 Å². The van der Waals surface area contributed by atoms with Crippen molar-refractivity contribution in [2.24, 2.45) is 0 Å². The van der Waals surface area contributed by atoms with Crippen molar-refractivity contribution in [2.75, 3.05) is 18.4 Å². The highest BCUT2D eigenvalue weighted by atomic mass is 19.1. The molecule has 4 aromatic rings. The van der Waals surface area contributed by atoms with Gasteiger partial charge in [-0.05, 0) is 93.7 Å². The van der Waals surface area contributed by atoms with Crippen LogP contribution in [0.2, 0.25) is 0 Å².